The van der Waals surface area contributed by atoms with Crippen LogP contribution in [0, 0.1) is 17.1 Å². The van der Waals surface area contributed by atoms with Gasteiger partial charge in [0.15, 0.2) is 0 Å². The Bertz CT molecular complexity index is 1120. The van der Waals surface area contributed by atoms with Crippen LogP contribution in [0.1, 0.15) is 5.56 Å². The predicted molar refractivity (Wildman–Crippen MR) is 71.8 cm³/mol. The molecule has 3 rings (SSSR count). The van der Waals surface area contributed by atoms with E-state index in [4.69, 9.17) is 5.26 Å². The third-order valence-electron chi connectivity index (χ3n) is 3.02. The Kier molecular flexibility index (Phi) is 4.20. The van der Waals surface area contributed by atoms with E-state index in [1.807, 2.05) is 0 Å². The molecule has 14 heteroatoms. The van der Waals surface area contributed by atoms with Gasteiger partial charge in [0.2, 0.25) is 11.5 Å². The number of esters is 1. The second-order valence-electron chi connectivity index (χ2n) is 4.69. The van der Waals surface area contributed by atoms with Crippen molar-refractivity contribution in [3.05, 3.63) is 40.1 Å². The lowest BCUT2D eigenvalue weighted by Gasteiger charge is -2.05. The van der Waals surface area contributed by atoms with Crippen molar-refractivity contribution in [2.45, 2.75) is 6.18 Å². The van der Waals surface area contributed by atoms with Gasteiger partial charge in [0.05, 0.1) is 11.3 Å². The molecule has 0 saturated heterocycles. The van der Waals surface area contributed by atoms with Gasteiger partial charge in [-0.05, 0) is 28.5 Å². The van der Waals surface area contributed by atoms with Crippen molar-refractivity contribution in [2.75, 3.05) is 0 Å². The number of carbonyl (C=O) groups excluding carboxylic acids is 1. The summed E-state index contributed by atoms with van der Waals surface area (Å²) in [6, 6.07) is 4.42. The number of hydrogen-bond acceptors (Lipinski definition) is 9. The monoisotopic (exact) mass is 385 g/mol. The molecular weight excluding hydrogens is 382 g/mol. The number of halogens is 4. The number of benzene rings is 1. The lowest BCUT2D eigenvalue weighted by molar-refractivity contribution is -0.190. The van der Waals surface area contributed by atoms with Crippen LogP contribution in [-0.2, 0) is 4.79 Å². The van der Waals surface area contributed by atoms with Crippen molar-refractivity contribution in [1.82, 2.24) is 20.0 Å². The number of nitrogens with zero attached hydrogens (tertiary/aromatic N) is 5. The lowest BCUT2D eigenvalue weighted by Crippen LogP contribution is -2.28. The van der Waals surface area contributed by atoms with Gasteiger partial charge >= 0.3 is 17.9 Å². The largest absolute Gasteiger partial charge is 0.491 e. The molecule has 0 fully saturated rings. The molecule has 0 bridgehead atoms. The van der Waals surface area contributed by atoms with E-state index >= 15 is 0 Å². The van der Waals surface area contributed by atoms with Crippen molar-refractivity contribution in [1.29, 1.82) is 5.26 Å². The molecule has 0 amide bonds. The summed E-state index contributed by atoms with van der Waals surface area (Å²) < 4.78 is 63.8. The van der Waals surface area contributed by atoms with Crippen LogP contribution in [0.15, 0.2) is 32.1 Å². The van der Waals surface area contributed by atoms with E-state index in [2.05, 4.69) is 29.4 Å². The van der Waals surface area contributed by atoms with E-state index < -0.39 is 46.7 Å². The van der Waals surface area contributed by atoms with Gasteiger partial charge in [-0.1, -0.05) is 5.16 Å². The minimum Gasteiger partial charge on any atom is -0.395 e. The molecule has 0 aliphatic heterocycles. The normalized spacial score (nSPS) is 11.2. The molecule has 0 aliphatic rings. The van der Waals surface area contributed by atoms with Crippen LogP contribution in [0.2, 0.25) is 0 Å². The third-order valence-corrected chi connectivity index (χ3v) is 3.02. The molecule has 10 nitrogen and oxygen atoms in total. The van der Waals surface area contributed by atoms with Gasteiger partial charge in [-0.3, -0.25) is 4.52 Å². The first-order valence-electron chi connectivity index (χ1n) is 6.63. The molecule has 0 spiro atoms. The molecule has 3 aromatic rings. The maximum absolute atomic E-state index is 13.5. The Morgan fingerprint density at radius 2 is 2.00 bits per heavy atom. The standard InChI is InChI=1S/C13H3F4N5O5/c14-7-2-1-6(3-5(7)4-18)22-9(20-26-12(22)24)8-10(21-27-19-8)25-11(23)13(15,16)17/h1-3H. The summed E-state index contributed by atoms with van der Waals surface area (Å²) in [5, 5.41) is 18.4. The number of hydrogen-bond donors (Lipinski definition) is 0. The number of ether oxygens (including phenoxy) is 1. The molecule has 1 aromatic carbocycles. The Labute approximate surface area is 144 Å². The highest BCUT2D eigenvalue weighted by atomic mass is 19.4. The Balaban J connectivity index is 2.10. The van der Waals surface area contributed by atoms with Crippen LogP contribution in [0.25, 0.3) is 17.2 Å². The molecule has 0 saturated carbocycles. The van der Waals surface area contributed by atoms with Crippen molar-refractivity contribution in [3.8, 4) is 29.2 Å². The molecule has 2 aromatic heterocycles. The van der Waals surface area contributed by atoms with E-state index in [1.165, 1.54) is 0 Å². The summed E-state index contributed by atoms with van der Waals surface area (Å²) >= 11 is 0. The highest BCUT2D eigenvalue weighted by Crippen LogP contribution is 2.28. The SMILES string of the molecule is N#Cc1cc(-n2c(-c3nonc3OC(=O)C(F)(F)F)noc2=O)ccc1F. The van der Waals surface area contributed by atoms with E-state index in [9.17, 15) is 27.2 Å². The van der Waals surface area contributed by atoms with E-state index in [0.29, 0.717) is 4.57 Å². The molecule has 138 valence electrons. The maximum Gasteiger partial charge on any atom is 0.491 e. The molecule has 0 N–H and O–H groups in total. The van der Waals surface area contributed by atoms with Crippen LogP contribution in [0.4, 0.5) is 17.6 Å². The predicted octanol–water partition coefficient (Wildman–Crippen LogP) is 1.35. The molecule has 27 heavy (non-hydrogen) atoms. The van der Waals surface area contributed by atoms with Crippen LogP contribution in [0.3, 0.4) is 0 Å². The molecule has 2 heterocycles. The zero-order chi connectivity index (χ0) is 19.8. The fraction of sp³-hybridized carbons (Fsp3) is 0.0769. The fourth-order valence-electron chi connectivity index (χ4n) is 1.89. The lowest BCUT2D eigenvalue weighted by atomic mass is 10.2. The zero-order valence-corrected chi connectivity index (χ0v) is 12.5. The maximum atomic E-state index is 13.5. The molecule has 0 aliphatic carbocycles. The van der Waals surface area contributed by atoms with Gasteiger partial charge in [-0.25, -0.2) is 23.2 Å². The van der Waals surface area contributed by atoms with Gasteiger partial charge in [-0.15, -0.1) is 0 Å². The van der Waals surface area contributed by atoms with Gasteiger partial charge < -0.3 is 4.74 Å². The van der Waals surface area contributed by atoms with E-state index in [1.54, 1.807) is 6.07 Å². The second kappa shape index (κ2) is 6.37. The van der Waals surface area contributed by atoms with Gasteiger partial charge in [0.1, 0.15) is 11.9 Å². The Morgan fingerprint density at radius 1 is 1.26 bits per heavy atom. The molecular formula is C13H3F4N5O5. The van der Waals surface area contributed by atoms with Crippen LogP contribution in [0.5, 0.6) is 5.88 Å². The minimum absolute atomic E-state index is 0.134. The second-order valence-corrected chi connectivity index (χ2v) is 4.69. The Hall–Kier alpha value is -4.02. The van der Waals surface area contributed by atoms with Crippen LogP contribution in [-0.4, -0.2) is 32.2 Å². The summed E-state index contributed by atoms with van der Waals surface area (Å²) in [7, 11) is 0. The van der Waals surface area contributed by atoms with Crippen molar-refractivity contribution in [2.24, 2.45) is 0 Å². The van der Waals surface area contributed by atoms with Crippen LogP contribution >= 0.6 is 0 Å². The number of carbonyl (C=O) groups is 1. The van der Waals surface area contributed by atoms with E-state index in [-0.39, 0.29) is 5.69 Å². The summed E-state index contributed by atoms with van der Waals surface area (Å²) in [5.41, 5.74) is -1.25. The van der Waals surface area contributed by atoms with Gasteiger partial charge in [0, 0.05) is 0 Å². The number of aromatic nitrogens is 4. The van der Waals surface area contributed by atoms with Gasteiger partial charge in [-0.2, -0.15) is 18.4 Å². The van der Waals surface area contributed by atoms with Crippen molar-refractivity contribution >= 4 is 5.97 Å². The van der Waals surface area contributed by atoms with Crippen molar-refractivity contribution in [3.63, 3.8) is 0 Å². The number of nitriles is 1. The van der Waals surface area contributed by atoms with Crippen LogP contribution < -0.4 is 10.5 Å². The minimum atomic E-state index is -5.33. The molecule has 0 atom stereocenters. The average molecular weight is 385 g/mol. The average Bonchev–Trinajstić information content (AvgIpc) is 3.21. The summed E-state index contributed by atoms with van der Waals surface area (Å²) in [6.07, 6.45) is -5.33. The summed E-state index contributed by atoms with van der Waals surface area (Å²) in [4.78, 5) is 22.9. The number of rotatable bonds is 3. The quantitative estimate of drug-likeness (QED) is 0.483. The third kappa shape index (κ3) is 3.25. The first-order valence-corrected chi connectivity index (χ1v) is 6.63. The first-order chi connectivity index (χ1) is 12.7. The van der Waals surface area contributed by atoms with Gasteiger partial charge in [0.25, 0.3) is 5.88 Å². The first kappa shape index (κ1) is 17.8. The topological polar surface area (TPSA) is 137 Å². The Morgan fingerprint density at radius 3 is 2.67 bits per heavy atom. The van der Waals surface area contributed by atoms with E-state index in [0.717, 1.165) is 18.2 Å². The molecule has 0 radical (unpaired) electrons. The summed E-state index contributed by atoms with van der Waals surface area (Å²) in [5.74, 6) is -6.26. The highest BCUT2D eigenvalue weighted by Gasteiger charge is 2.43. The fourth-order valence-corrected chi connectivity index (χ4v) is 1.89. The van der Waals surface area contributed by atoms with Crippen molar-refractivity contribution < 1.29 is 36.2 Å². The number of alkyl halides is 3. The highest BCUT2D eigenvalue weighted by molar-refractivity contribution is 5.79. The zero-order valence-electron chi connectivity index (χ0n) is 12.5. The molecule has 0 unspecified atom stereocenters. The smallest absolute Gasteiger partial charge is 0.395 e. The summed E-state index contributed by atoms with van der Waals surface area (Å²) in [6.45, 7) is 0.